The van der Waals surface area contributed by atoms with Crippen LogP contribution in [0.3, 0.4) is 0 Å². The Morgan fingerprint density at radius 1 is 0.870 bits per heavy atom. The fourth-order valence-electron chi connectivity index (χ4n) is 2.68. The Balaban J connectivity index is 2.07. The number of nitrogens with zero attached hydrogens (tertiary/aromatic N) is 4. The first kappa shape index (κ1) is 13.5. The molecule has 0 saturated carbocycles. The van der Waals surface area contributed by atoms with E-state index in [1.165, 1.54) is 10.7 Å². The number of rotatable bonds is 2. The van der Waals surface area contributed by atoms with Crippen molar-refractivity contribution in [1.82, 2.24) is 19.4 Å². The molecule has 0 aliphatic rings. The van der Waals surface area contributed by atoms with Gasteiger partial charge < -0.3 is 0 Å². The van der Waals surface area contributed by atoms with Crippen molar-refractivity contribution in [3.05, 3.63) is 77.2 Å². The molecule has 0 radical (unpaired) electrons. The predicted octanol–water partition coefficient (Wildman–Crippen LogP) is 2.76. The molecule has 0 N–H and O–H groups in total. The maximum atomic E-state index is 11.6. The first-order valence-electron chi connectivity index (χ1n) is 7.31. The third-order valence-electron chi connectivity index (χ3n) is 3.80. The number of benzene rings is 1. The third-order valence-corrected chi connectivity index (χ3v) is 3.80. The Labute approximate surface area is 132 Å². The van der Waals surface area contributed by atoms with Crippen molar-refractivity contribution in [1.29, 1.82) is 0 Å². The van der Waals surface area contributed by atoms with Crippen LogP contribution in [0.1, 0.15) is 0 Å². The molecule has 5 nitrogen and oxygen atoms in total. The number of aryl methyl sites for hydroxylation is 1. The summed E-state index contributed by atoms with van der Waals surface area (Å²) in [6.45, 7) is 0. The van der Waals surface area contributed by atoms with Crippen molar-refractivity contribution in [3.8, 4) is 22.5 Å². The average Bonchev–Trinajstić information content (AvgIpc) is 2.98. The highest BCUT2D eigenvalue weighted by atomic mass is 16.1. The van der Waals surface area contributed by atoms with Gasteiger partial charge in [-0.2, -0.15) is 10.2 Å². The molecule has 1 aromatic carbocycles. The van der Waals surface area contributed by atoms with Gasteiger partial charge in [-0.25, -0.2) is 9.20 Å². The molecule has 3 heterocycles. The SMILES string of the molecule is Cn1nc(-c2c(-c3ccccc3)nn3ccccc23)ccc1=O. The molecular weight excluding hydrogens is 288 g/mol. The minimum Gasteiger partial charge on any atom is -0.268 e. The molecule has 4 rings (SSSR count). The van der Waals surface area contributed by atoms with Gasteiger partial charge in [-0.15, -0.1) is 0 Å². The molecule has 0 fully saturated rings. The molecular formula is C18H14N4O. The third kappa shape index (κ3) is 2.23. The van der Waals surface area contributed by atoms with E-state index in [0.29, 0.717) is 0 Å². The van der Waals surface area contributed by atoms with Crippen LogP contribution in [-0.4, -0.2) is 19.4 Å². The van der Waals surface area contributed by atoms with E-state index < -0.39 is 0 Å². The van der Waals surface area contributed by atoms with Crippen LogP contribution in [0.5, 0.6) is 0 Å². The summed E-state index contributed by atoms with van der Waals surface area (Å²) in [5, 5.41) is 9.10. The topological polar surface area (TPSA) is 52.2 Å². The standard InChI is InChI=1S/C18H14N4O/c1-21-16(23)11-10-14(19-21)17-15-9-5-6-12-22(15)20-18(17)13-7-3-2-4-8-13/h2-12H,1H3. The van der Waals surface area contributed by atoms with Crippen molar-refractivity contribution in [2.75, 3.05) is 0 Å². The molecule has 4 aromatic rings. The Morgan fingerprint density at radius 3 is 2.43 bits per heavy atom. The van der Waals surface area contributed by atoms with Gasteiger partial charge in [0.05, 0.1) is 16.8 Å². The lowest BCUT2D eigenvalue weighted by Gasteiger charge is -2.04. The number of hydrogen-bond acceptors (Lipinski definition) is 3. The first-order chi connectivity index (χ1) is 11.2. The minimum atomic E-state index is -0.133. The van der Waals surface area contributed by atoms with Gasteiger partial charge in [0.15, 0.2) is 0 Å². The molecule has 0 aliphatic heterocycles. The maximum Gasteiger partial charge on any atom is 0.266 e. The first-order valence-corrected chi connectivity index (χ1v) is 7.31. The van der Waals surface area contributed by atoms with Crippen LogP contribution in [0.2, 0.25) is 0 Å². The normalized spacial score (nSPS) is 11.0. The van der Waals surface area contributed by atoms with Gasteiger partial charge in [-0.3, -0.25) is 4.79 Å². The van der Waals surface area contributed by atoms with Crippen LogP contribution in [0, 0.1) is 0 Å². The van der Waals surface area contributed by atoms with Crippen molar-refractivity contribution in [3.63, 3.8) is 0 Å². The molecule has 112 valence electrons. The van der Waals surface area contributed by atoms with Crippen LogP contribution in [0.15, 0.2) is 71.7 Å². The minimum absolute atomic E-state index is 0.133. The zero-order valence-electron chi connectivity index (χ0n) is 12.5. The largest absolute Gasteiger partial charge is 0.268 e. The van der Waals surface area contributed by atoms with Crippen LogP contribution >= 0.6 is 0 Å². The van der Waals surface area contributed by atoms with Crippen LogP contribution in [-0.2, 0) is 7.05 Å². The number of pyridine rings is 1. The molecule has 0 atom stereocenters. The summed E-state index contributed by atoms with van der Waals surface area (Å²) >= 11 is 0. The lowest BCUT2D eigenvalue weighted by Crippen LogP contribution is -2.18. The van der Waals surface area contributed by atoms with Crippen molar-refractivity contribution in [2.24, 2.45) is 7.05 Å². The van der Waals surface area contributed by atoms with Gasteiger partial charge in [0.25, 0.3) is 5.56 Å². The van der Waals surface area contributed by atoms with Gasteiger partial charge in [-0.05, 0) is 18.2 Å². The number of fused-ring (bicyclic) bond motifs is 1. The van der Waals surface area contributed by atoms with E-state index in [-0.39, 0.29) is 5.56 Å². The van der Waals surface area contributed by atoms with E-state index in [1.807, 2.05) is 59.2 Å². The van der Waals surface area contributed by atoms with Gasteiger partial charge in [0, 0.05) is 24.9 Å². The predicted molar refractivity (Wildman–Crippen MR) is 89.1 cm³/mol. The smallest absolute Gasteiger partial charge is 0.266 e. The number of aromatic nitrogens is 4. The Kier molecular flexibility index (Phi) is 3.05. The highest BCUT2D eigenvalue weighted by Crippen LogP contribution is 2.33. The highest BCUT2D eigenvalue weighted by molar-refractivity contribution is 5.90. The van der Waals surface area contributed by atoms with Gasteiger partial charge in [0.2, 0.25) is 0 Å². The van der Waals surface area contributed by atoms with Crippen LogP contribution < -0.4 is 5.56 Å². The Morgan fingerprint density at radius 2 is 1.65 bits per heavy atom. The molecule has 23 heavy (non-hydrogen) atoms. The van der Waals surface area contributed by atoms with Crippen molar-refractivity contribution in [2.45, 2.75) is 0 Å². The summed E-state index contributed by atoms with van der Waals surface area (Å²) in [4.78, 5) is 11.6. The average molecular weight is 302 g/mol. The summed E-state index contributed by atoms with van der Waals surface area (Å²) in [6, 6.07) is 19.2. The Bertz CT molecular complexity index is 1050. The molecule has 0 unspecified atom stereocenters. The van der Waals surface area contributed by atoms with E-state index in [0.717, 1.165) is 28.0 Å². The Hall–Kier alpha value is -3.21. The van der Waals surface area contributed by atoms with Crippen molar-refractivity contribution < 1.29 is 0 Å². The second-order valence-electron chi connectivity index (χ2n) is 5.30. The molecule has 0 saturated heterocycles. The lowest BCUT2D eigenvalue weighted by molar-refractivity contribution is 0.712. The van der Waals surface area contributed by atoms with Crippen molar-refractivity contribution >= 4 is 5.52 Å². The van der Waals surface area contributed by atoms with Gasteiger partial charge in [0.1, 0.15) is 5.69 Å². The molecule has 0 bridgehead atoms. The van der Waals surface area contributed by atoms with Gasteiger partial charge >= 0.3 is 0 Å². The van der Waals surface area contributed by atoms with E-state index >= 15 is 0 Å². The number of hydrogen-bond donors (Lipinski definition) is 0. The molecule has 5 heteroatoms. The summed E-state index contributed by atoms with van der Waals surface area (Å²) in [5.74, 6) is 0. The lowest BCUT2D eigenvalue weighted by atomic mass is 10.0. The van der Waals surface area contributed by atoms with E-state index in [4.69, 9.17) is 5.10 Å². The highest BCUT2D eigenvalue weighted by Gasteiger charge is 2.17. The van der Waals surface area contributed by atoms with Crippen LogP contribution in [0.4, 0.5) is 0 Å². The molecule has 0 amide bonds. The summed E-state index contributed by atoms with van der Waals surface area (Å²) < 4.78 is 3.18. The quantitative estimate of drug-likeness (QED) is 0.572. The monoisotopic (exact) mass is 302 g/mol. The zero-order valence-corrected chi connectivity index (χ0v) is 12.5. The second-order valence-corrected chi connectivity index (χ2v) is 5.30. The fraction of sp³-hybridized carbons (Fsp3) is 0.0556. The maximum absolute atomic E-state index is 11.6. The second kappa shape index (κ2) is 5.21. The summed E-state index contributed by atoms with van der Waals surface area (Å²) in [5.41, 5.74) is 4.34. The molecule has 0 aliphatic carbocycles. The van der Waals surface area contributed by atoms with Gasteiger partial charge in [-0.1, -0.05) is 36.4 Å². The fourth-order valence-corrected chi connectivity index (χ4v) is 2.68. The van der Waals surface area contributed by atoms with Crippen LogP contribution in [0.25, 0.3) is 28.0 Å². The zero-order chi connectivity index (χ0) is 15.8. The van der Waals surface area contributed by atoms with E-state index in [9.17, 15) is 4.79 Å². The molecule has 3 aromatic heterocycles. The van der Waals surface area contributed by atoms with E-state index in [2.05, 4.69) is 5.10 Å². The molecule has 0 spiro atoms. The summed E-state index contributed by atoms with van der Waals surface area (Å²) in [6.07, 6.45) is 1.91. The van der Waals surface area contributed by atoms with E-state index in [1.54, 1.807) is 13.1 Å². The summed E-state index contributed by atoms with van der Waals surface area (Å²) in [7, 11) is 1.65.